The minimum absolute atomic E-state index is 0.0939. The van der Waals surface area contributed by atoms with Gasteiger partial charge in [-0.25, -0.2) is 0 Å². The van der Waals surface area contributed by atoms with Crippen LogP contribution in [0, 0.1) is 18.3 Å². The summed E-state index contributed by atoms with van der Waals surface area (Å²) >= 11 is 0. The van der Waals surface area contributed by atoms with E-state index < -0.39 is 0 Å². The summed E-state index contributed by atoms with van der Waals surface area (Å²) in [7, 11) is 1.57. The van der Waals surface area contributed by atoms with E-state index in [1.807, 2.05) is 31.2 Å². The fourth-order valence-electron chi connectivity index (χ4n) is 2.17. The molecule has 2 rings (SSSR count). The fourth-order valence-corrected chi connectivity index (χ4v) is 2.17. The van der Waals surface area contributed by atoms with E-state index in [9.17, 15) is 4.79 Å². The lowest BCUT2D eigenvalue weighted by Crippen LogP contribution is -2.09. The van der Waals surface area contributed by atoms with E-state index in [0.717, 1.165) is 11.1 Å². The monoisotopic (exact) mass is 295 g/mol. The highest BCUT2D eigenvalue weighted by Gasteiger charge is 2.11. The fraction of sp³-hybridized carbons (Fsp3) is 0.222. The molecule has 112 valence electrons. The van der Waals surface area contributed by atoms with Gasteiger partial charge in [0.05, 0.1) is 25.2 Å². The Labute approximate surface area is 129 Å². The van der Waals surface area contributed by atoms with E-state index in [0.29, 0.717) is 16.9 Å². The Kier molecular flexibility index (Phi) is 5.16. The average Bonchev–Trinajstić information content (AvgIpc) is 2.53. The summed E-state index contributed by atoms with van der Waals surface area (Å²) in [4.78, 5) is 12.0. The second-order valence-electron chi connectivity index (χ2n) is 4.92. The molecular weight excluding hydrogens is 278 g/mol. The van der Waals surface area contributed by atoms with Crippen LogP contribution < -0.4 is 4.74 Å². The van der Waals surface area contributed by atoms with Crippen LogP contribution in [0.2, 0.25) is 0 Å². The molecular formula is C18H17NO3. The Morgan fingerprint density at radius 2 is 1.95 bits per heavy atom. The number of carbonyl (C=O) groups is 1. The van der Waals surface area contributed by atoms with Crippen LogP contribution in [0.15, 0.2) is 42.5 Å². The minimum Gasteiger partial charge on any atom is -0.496 e. The molecule has 0 aromatic heterocycles. The summed E-state index contributed by atoms with van der Waals surface area (Å²) in [6.45, 7) is 2.05. The second kappa shape index (κ2) is 7.28. The van der Waals surface area contributed by atoms with Crippen molar-refractivity contribution in [1.82, 2.24) is 0 Å². The lowest BCUT2D eigenvalue weighted by atomic mass is 10.1. The molecule has 2 aromatic carbocycles. The molecule has 0 N–H and O–H groups in total. The lowest BCUT2D eigenvalue weighted by Gasteiger charge is -2.10. The van der Waals surface area contributed by atoms with Crippen molar-refractivity contribution in [3.8, 4) is 11.8 Å². The van der Waals surface area contributed by atoms with E-state index in [1.54, 1.807) is 25.3 Å². The lowest BCUT2D eigenvalue weighted by molar-refractivity contribution is -0.144. The number of hydrogen-bond donors (Lipinski definition) is 0. The zero-order valence-electron chi connectivity index (χ0n) is 12.6. The first-order valence-electron chi connectivity index (χ1n) is 6.91. The van der Waals surface area contributed by atoms with Crippen molar-refractivity contribution >= 4 is 5.97 Å². The molecule has 0 saturated heterocycles. The third-order valence-electron chi connectivity index (χ3n) is 3.30. The van der Waals surface area contributed by atoms with Gasteiger partial charge in [0.2, 0.25) is 0 Å². The molecule has 0 fully saturated rings. The van der Waals surface area contributed by atoms with Crippen LogP contribution in [0.5, 0.6) is 5.75 Å². The van der Waals surface area contributed by atoms with Gasteiger partial charge in [-0.3, -0.25) is 4.79 Å². The molecule has 0 radical (unpaired) electrons. The Hall–Kier alpha value is -2.80. The number of methoxy groups -OCH3 is 1. The topological polar surface area (TPSA) is 59.3 Å². The third kappa shape index (κ3) is 3.86. The van der Waals surface area contributed by atoms with Gasteiger partial charge in [0.25, 0.3) is 0 Å². The average molecular weight is 295 g/mol. The number of hydrogen-bond acceptors (Lipinski definition) is 4. The van der Waals surface area contributed by atoms with Gasteiger partial charge in [-0.1, -0.05) is 35.9 Å². The molecule has 0 saturated carbocycles. The van der Waals surface area contributed by atoms with Crippen LogP contribution in [0.4, 0.5) is 0 Å². The number of esters is 1. The number of rotatable bonds is 5. The molecule has 22 heavy (non-hydrogen) atoms. The molecule has 0 aliphatic carbocycles. The van der Waals surface area contributed by atoms with Gasteiger partial charge in [0.15, 0.2) is 0 Å². The summed E-state index contributed by atoms with van der Waals surface area (Å²) in [6, 6.07) is 14.8. The molecule has 0 atom stereocenters. The molecule has 4 heteroatoms. The van der Waals surface area contributed by atoms with Crippen molar-refractivity contribution in [2.45, 2.75) is 20.0 Å². The number of benzene rings is 2. The van der Waals surface area contributed by atoms with E-state index in [1.165, 1.54) is 0 Å². The molecule has 4 nitrogen and oxygen atoms in total. The molecule has 0 aliphatic rings. The van der Waals surface area contributed by atoms with Crippen LogP contribution in [-0.2, 0) is 22.6 Å². The van der Waals surface area contributed by atoms with Crippen LogP contribution in [-0.4, -0.2) is 13.1 Å². The first kappa shape index (κ1) is 15.6. The van der Waals surface area contributed by atoms with Gasteiger partial charge in [-0.05, 0) is 19.1 Å². The van der Waals surface area contributed by atoms with E-state index in [2.05, 4.69) is 6.07 Å². The van der Waals surface area contributed by atoms with Crippen molar-refractivity contribution < 1.29 is 14.3 Å². The summed E-state index contributed by atoms with van der Waals surface area (Å²) in [6.07, 6.45) is 0.138. The molecule has 0 spiro atoms. The maximum Gasteiger partial charge on any atom is 0.310 e. The number of ether oxygens (including phenoxy) is 2. The largest absolute Gasteiger partial charge is 0.496 e. The summed E-state index contributed by atoms with van der Waals surface area (Å²) in [5.74, 6) is 0.316. The van der Waals surface area contributed by atoms with Crippen LogP contribution in [0.3, 0.4) is 0 Å². The maximum atomic E-state index is 12.0. The molecule has 0 bridgehead atoms. The predicted molar refractivity (Wildman–Crippen MR) is 82.4 cm³/mol. The Bertz CT molecular complexity index is 717. The number of nitrogens with zero attached hydrogens (tertiary/aromatic N) is 1. The van der Waals surface area contributed by atoms with Crippen LogP contribution >= 0.6 is 0 Å². The van der Waals surface area contributed by atoms with E-state index in [4.69, 9.17) is 14.7 Å². The van der Waals surface area contributed by atoms with Gasteiger partial charge in [-0.15, -0.1) is 0 Å². The van der Waals surface area contributed by atoms with Crippen molar-refractivity contribution in [3.63, 3.8) is 0 Å². The molecule has 0 amide bonds. The normalized spacial score (nSPS) is 9.86. The standard InChI is InChI=1S/C18H17NO3/c1-13-7-8-17(21-2)16(9-13)10-18(20)22-12-15-6-4-3-5-14(15)11-19/h3-9H,10,12H2,1-2H3. The van der Waals surface area contributed by atoms with Gasteiger partial charge in [-0.2, -0.15) is 5.26 Å². The van der Waals surface area contributed by atoms with Crippen LogP contribution in [0.25, 0.3) is 0 Å². The summed E-state index contributed by atoms with van der Waals surface area (Å²) < 4.78 is 10.5. The summed E-state index contributed by atoms with van der Waals surface area (Å²) in [5, 5.41) is 9.01. The number of nitriles is 1. The first-order valence-corrected chi connectivity index (χ1v) is 6.91. The van der Waals surface area contributed by atoms with Gasteiger partial charge in [0, 0.05) is 11.1 Å². The molecule has 0 unspecified atom stereocenters. The van der Waals surface area contributed by atoms with E-state index >= 15 is 0 Å². The van der Waals surface area contributed by atoms with Gasteiger partial charge in [0.1, 0.15) is 12.4 Å². The van der Waals surface area contributed by atoms with Crippen molar-refractivity contribution in [1.29, 1.82) is 5.26 Å². The Morgan fingerprint density at radius 1 is 1.18 bits per heavy atom. The molecule has 0 aliphatic heterocycles. The minimum atomic E-state index is -0.350. The smallest absolute Gasteiger partial charge is 0.310 e. The quantitative estimate of drug-likeness (QED) is 0.795. The Morgan fingerprint density at radius 3 is 2.68 bits per heavy atom. The Balaban J connectivity index is 2.02. The molecule has 0 heterocycles. The molecule has 2 aromatic rings. The zero-order valence-corrected chi connectivity index (χ0v) is 12.6. The van der Waals surface area contributed by atoms with E-state index in [-0.39, 0.29) is 19.0 Å². The van der Waals surface area contributed by atoms with Crippen LogP contribution in [0.1, 0.15) is 22.3 Å². The van der Waals surface area contributed by atoms with Crippen molar-refractivity contribution in [3.05, 3.63) is 64.7 Å². The highest BCUT2D eigenvalue weighted by Crippen LogP contribution is 2.20. The second-order valence-corrected chi connectivity index (χ2v) is 4.92. The number of aryl methyl sites for hydroxylation is 1. The highest BCUT2D eigenvalue weighted by molar-refractivity contribution is 5.73. The van der Waals surface area contributed by atoms with Gasteiger partial charge >= 0.3 is 5.97 Å². The maximum absolute atomic E-state index is 12.0. The highest BCUT2D eigenvalue weighted by atomic mass is 16.5. The first-order chi connectivity index (χ1) is 10.6. The SMILES string of the molecule is COc1ccc(C)cc1CC(=O)OCc1ccccc1C#N. The predicted octanol–water partition coefficient (Wildman–Crippen LogP) is 3.16. The zero-order chi connectivity index (χ0) is 15.9. The van der Waals surface area contributed by atoms with Crippen molar-refractivity contribution in [2.75, 3.05) is 7.11 Å². The summed E-state index contributed by atoms with van der Waals surface area (Å²) in [5.41, 5.74) is 3.07. The van der Waals surface area contributed by atoms with Gasteiger partial charge < -0.3 is 9.47 Å². The third-order valence-corrected chi connectivity index (χ3v) is 3.30. The number of carbonyl (C=O) groups excluding carboxylic acids is 1. The van der Waals surface area contributed by atoms with Crippen molar-refractivity contribution in [2.24, 2.45) is 0 Å².